The Labute approximate surface area is 122 Å². The highest BCUT2D eigenvalue weighted by Gasteiger charge is 2.17. The maximum Gasteiger partial charge on any atom is 0.265 e. The van der Waals surface area contributed by atoms with Gasteiger partial charge in [-0.25, -0.2) is 4.98 Å². The minimum Gasteiger partial charge on any atom is -0.382 e. The number of carbonyl (C=O) groups excluding carboxylic acids is 2. The topological polar surface area (TPSA) is 114 Å². The Bertz CT molecular complexity index is 474. The lowest BCUT2D eigenvalue weighted by Gasteiger charge is -2.13. The van der Waals surface area contributed by atoms with Gasteiger partial charge in [0.15, 0.2) is 5.13 Å². The number of nitrogens with one attached hydrogen (secondary N) is 1. The summed E-state index contributed by atoms with van der Waals surface area (Å²) in [7, 11) is 1.91. The number of thiazole rings is 1. The van der Waals surface area contributed by atoms with E-state index in [1.807, 2.05) is 11.9 Å². The molecular formula is C12H21N5O2S. The van der Waals surface area contributed by atoms with E-state index in [0.29, 0.717) is 17.8 Å². The van der Waals surface area contributed by atoms with Crippen LogP contribution in [-0.4, -0.2) is 36.9 Å². The van der Waals surface area contributed by atoms with Gasteiger partial charge in [-0.1, -0.05) is 18.3 Å². The van der Waals surface area contributed by atoms with Crippen LogP contribution in [0.5, 0.6) is 0 Å². The predicted octanol–water partition coefficient (Wildman–Crippen LogP) is 0.567. The summed E-state index contributed by atoms with van der Waals surface area (Å²) in [5, 5.41) is 3.43. The van der Waals surface area contributed by atoms with Crippen LogP contribution >= 0.6 is 11.3 Å². The zero-order valence-electron chi connectivity index (χ0n) is 11.8. The Kier molecular flexibility index (Phi) is 6.23. The molecule has 2 amide bonds. The van der Waals surface area contributed by atoms with Gasteiger partial charge in [0.1, 0.15) is 10.7 Å². The van der Waals surface area contributed by atoms with Gasteiger partial charge < -0.3 is 21.7 Å². The number of primary amides is 1. The summed E-state index contributed by atoms with van der Waals surface area (Å²) in [6.07, 6.45) is 1.76. The Morgan fingerprint density at radius 1 is 1.45 bits per heavy atom. The Morgan fingerprint density at radius 2 is 2.15 bits per heavy atom. The summed E-state index contributed by atoms with van der Waals surface area (Å²) in [5.41, 5.74) is 10.8. The molecule has 1 heterocycles. The third kappa shape index (κ3) is 4.69. The number of nitrogens with two attached hydrogens (primary N) is 2. The lowest BCUT2D eigenvalue weighted by Crippen LogP contribution is -2.25. The summed E-state index contributed by atoms with van der Waals surface area (Å²) >= 11 is 1.27. The van der Waals surface area contributed by atoms with Crippen LogP contribution in [0.3, 0.4) is 0 Å². The van der Waals surface area contributed by atoms with E-state index < -0.39 is 0 Å². The van der Waals surface area contributed by atoms with E-state index in [9.17, 15) is 9.59 Å². The number of hydrogen-bond donors (Lipinski definition) is 3. The van der Waals surface area contributed by atoms with Crippen molar-refractivity contribution in [1.82, 2.24) is 10.3 Å². The molecule has 0 saturated heterocycles. The number of rotatable bonds is 8. The molecule has 5 N–H and O–H groups in total. The second-order valence-corrected chi connectivity index (χ2v) is 5.44. The fourth-order valence-corrected chi connectivity index (χ4v) is 2.51. The van der Waals surface area contributed by atoms with Crippen LogP contribution in [0.4, 0.5) is 10.9 Å². The summed E-state index contributed by atoms with van der Waals surface area (Å²) in [6, 6.07) is 0. The number of anilines is 2. The average Bonchev–Trinajstić information content (AvgIpc) is 2.77. The predicted molar refractivity (Wildman–Crippen MR) is 80.8 cm³/mol. The lowest BCUT2D eigenvalue weighted by molar-refractivity contribution is -0.118. The molecule has 0 aliphatic carbocycles. The number of amides is 2. The Balaban J connectivity index is 2.57. The van der Waals surface area contributed by atoms with Crippen molar-refractivity contribution >= 4 is 34.1 Å². The van der Waals surface area contributed by atoms with E-state index in [1.165, 1.54) is 11.3 Å². The van der Waals surface area contributed by atoms with Crippen molar-refractivity contribution in [3.63, 3.8) is 0 Å². The molecule has 1 aromatic rings. The molecule has 0 aliphatic heterocycles. The van der Waals surface area contributed by atoms with Gasteiger partial charge in [0.05, 0.1) is 0 Å². The number of aromatic nitrogens is 1. The highest BCUT2D eigenvalue weighted by Crippen LogP contribution is 2.27. The summed E-state index contributed by atoms with van der Waals surface area (Å²) in [4.78, 5) is 29.1. The first kappa shape index (κ1) is 16.2. The van der Waals surface area contributed by atoms with E-state index in [1.54, 1.807) is 0 Å². The van der Waals surface area contributed by atoms with Gasteiger partial charge in [0.2, 0.25) is 5.91 Å². The number of hydrogen-bond acceptors (Lipinski definition) is 6. The van der Waals surface area contributed by atoms with Crippen molar-refractivity contribution in [2.75, 3.05) is 30.8 Å². The summed E-state index contributed by atoms with van der Waals surface area (Å²) in [6.45, 7) is 3.31. The van der Waals surface area contributed by atoms with E-state index >= 15 is 0 Å². The zero-order chi connectivity index (χ0) is 15.1. The van der Waals surface area contributed by atoms with Crippen molar-refractivity contribution in [2.45, 2.75) is 26.2 Å². The second-order valence-electron chi connectivity index (χ2n) is 4.46. The van der Waals surface area contributed by atoms with Gasteiger partial charge in [-0.3, -0.25) is 9.59 Å². The van der Waals surface area contributed by atoms with Crippen LogP contribution < -0.4 is 21.7 Å². The van der Waals surface area contributed by atoms with Gasteiger partial charge in [0.25, 0.3) is 5.91 Å². The SMILES string of the molecule is CCCN(C)c1nc(N)c(C(=O)NCCCC(N)=O)s1. The molecule has 20 heavy (non-hydrogen) atoms. The summed E-state index contributed by atoms with van der Waals surface area (Å²) in [5.74, 6) is -0.402. The maximum atomic E-state index is 11.9. The molecule has 0 unspecified atom stereocenters. The first-order chi connectivity index (χ1) is 9.45. The third-order valence-corrected chi connectivity index (χ3v) is 3.80. The molecule has 0 bridgehead atoms. The molecule has 7 nitrogen and oxygen atoms in total. The van der Waals surface area contributed by atoms with Crippen LogP contribution in [0.25, 0.3) is 0 Å². The van der Waals surface area contributed by atoms with Gasteiger partial charge in [-0.15, -0.1) is 0 Å². The Hall–Kier alpha value is -1.83. The molecule has 0 aliphatic rings. The van der Waals surface area contributed by atoms with E-state index in [0.717, 1.165) is 18.1 Å². The van der Waals surface area contributed by atoms with E-state index in [4.69, 9.17) is 11.5 Å². The lowest BCUT2D eigenvalue weighted by atomic mass is 10.3. The fraction of sp³-hybridized carbons (Fsp3) is 0.583. The normalized spacial score (nSPS) is 10.3. The first-order valence-corrected chi connectivity index (χ1v) is 7.31. The minimum absolute atomic E-state index is 0.236. The van der Waals surface area contributed by atoms with Crippen LogP contribution in [0, 0.1) is 0 Å². The van der Waals surface area contributed by atoms with Crippen LogP contribution in [-0.2, 0) is 4.79 Å². The first-order valence-electron chi connectivity index (χ1n) is 6.49. The summed E-state index contributed by atoms with van der Waals surface area (Å²) < 4.78 is 0. The van der Waals surface area contributed by atoms with Crippen molar-refractivity contribution in [1.29, 1.82) is 0 Å². The molecule has 0 aromatic carbocycles. The molecule has 0 radical (unpaired) electrons. The molecule has 112 valence electrons. The van der Waals surface area contributed by atoms with Gasteiger partial charge >= 0.3 is 0 Å². The quantitative estimate of drug-likeness (QED) is 0.607. The van der Waals surface area contributed by atoms with E-state index in [2.05, 4.69) is 17.2 Å². The van der Waals surface area contributed by atoms with Crippen molar-refractivity contribution in [3.05, 3.63) is 4.88 Å². The number of nitrogens with zero attached hydrogens (tertiary/aromatic N) is 2. The average molecular weight is 299 g/mol. The van der Waals surface area contributed by atoms with Crippen molar-refractivity contribution in [2.24, 2.45) is 5.73 Å². The van der Waals surface area contributed by atoms with Crippen molar-refractivity contribution in [3.8, 4) is 0 Å². The number of carbonyl (C=O) groups is 2. The minimum atomic E-state index is -0.375. The molecule has 0 spiro atoms. The molecule has 0 fully saturated rings. The highest BCUT2D eigenvalue weighted by atomic mass is 32.1. The largest absolute Gasteiger partial charge is 0.382 e. The van der Waals surface area contributed by atoms with Crippen LogP contribution in [0.1, 0.15) is 35.9 Å². The van der Waals surface area contributed by atoms with Crippen molar-refractivity contribution < 1.29 is 9.59 Å². The Morgan fingerprint density at radius 3 is 2.75 bits per heavy atom. The standard InChI is InChI=1S/C12H21N5O2S/c1-3-7-17(2)12-16-10(14)9(20-12)11(19)15-6-4-5-8(13)18/h3-7,14H2,1-2H3,(H2,13,18)(H,15,19). The molecule has 1 aromatic heterocycles. The maximum absolute atomic E-state index is 11.9. The molecule has 1 rings (SSSR count). The second kappa shape index (κ2) is 7.68. The number of nitrogen functional groups attached to an aromatic ring is 1. The van der Waals surface area contributed by atoms with Gasteiger partial charge in [-0.05, 0) is 12.8 Å². The van der Waals surface area contributed by atoms with Crippen LogP contribution in [0.2, 0.25) is 0 Å². The van der Waals surface area contributed by atoms with E-state index in [-0.39, 0.29) is 24.1 Å². The van der Waals surface area contributed by atoms with Crippen LogP contribution in [0.15, 0.2) is 0 Å². The monoisotopic (exact) mass is 299 g/mol. The fourth-order valence-electron chi connectivity index (χ4n) is 1.62. The smallest absolute Gasteiger partial charge is 0.265 e. The zero-order valence-corrected chi connectivity index (χ0v) is 12.6. The van der Waals surface area contributed by atoms with Gasteiger partial charge in [-0.2, -0.15) is 0 Å². The highest BCUT2D eigenvalue weighted by molar-refractivity contribution is 7.18. The molecular weight excluding hydrogens is 278 g/mol. The molecule has 0 saturated carbocycles. The molecule has 0 atom stereocenters. The van der Waals surface area contributed by atoms with Gasteiger partial charge in [0, 0.05) is 26.6 Å². The third-order valence-electron chi connectivity index (χ3n) is 2.62. The molecule has 8 heteroatoms.